The summed E-state index contributed by atoms with van der Waals surface area (Å²) in [4.78, 5) is 15.5. The Morgan fingerprint density at radius 1 is 1.42 bits per heavy atom. The maximum Gasteiger partial charge on any atom is 0.308 e. The molecule has 0 atom stereocenters. The average molecular weight is 283 g/mol. The second-order valence-electron chi connectivity index (χ2n) is 4.10. The van der Waals surface area contributed by atoms with E-state index in [0.717, 1.165) is 6.07 Å². The van der Waals surface area contributed by atoms with Crippen molar-refractivity contribution in [2.24, 2.45) is 0 Å². The Morgan fingerprint density at radius 3 is 2.79 bits per heavy atom. The van der Waals surface area contributed by atoms with Crippen LogP contribution in [0.25, 0.3) is 0 Å². The van der Waals surface area contributed by atoms with Crippen molar-refractivity contribution >= 4 is 17.3 Å². The van der Waals surface area contributed by atoms with E-state index >= 15 is 0 Å². The molecule has 0 radical (unpaired) electrons. The number of carbonyl (C=O) groups is 1. The molecule has 2 rings (SSSR count). The molecule has 6 heteroatoms. The lowest BCUT2D eigenvalue weighted by Gasteiger charge is -2.00. The summed E-state index contributed by atoms with van der Waals surface area (Å²) >= 11 is 1.24. The number of aryl methyl sites for hydroxylation is 1. The van der Waals surface area contributed by atoms with Crippen molar-refractivity contribution in [2.45, 2.75) is 19.8 Å². The summed E-state index contributed by atoms with van der Waals surface area (Å²) in [5.41, 5.74) is 0.988. The van der Waals surface area contributed by atoms with E-state index in [4.69, 9.17) is 5.11 Å². The van der Waals surface area contributed by atoms with Crippen molar-refractivity contribution in [3.8, 4) is 0 Å². The van der Waals surface area contributed by atoms with Crippen LogP contribution >= 0.6 is 11.3 Å². The molecule has 0 unspecified atom stereocenters. The van der Waals surface area contributed by atoms with Crippen LogP contribution in [0.2, 0.25) is 0 Å². The Hall–Kier alpha value is -1.82. The van der Waals surface area contributed by atoms with Crippen molar-refractivity contribution in [2.75, 3.05) is 0 Å². The van der Waals surface area contributed by atoms with Crippen LogP contribution in [0.4, 0.5) is 8.78 Å². The number of carboxylic acids is 1. The number of carboxylic acid groups (broad SMARTS) is 1. The number of halogens is 2. The molecule has 0 spiro atoms. The van der Waals surface area contributed by atoms with E-state index in [2.05, 4.69) is 4.98 Å². The molecule has 0 bridgehead atoms. The van der Waals surface area contributed by atoms with Gasteiger partial charge in [-0.2, -0.15) is 0 Å². The highest BCUT2D eigenvalue weighted by molar-refractivity contribution is 7.11. The van der Waals surface area contributed by atoms with Crippen molar-refractivity contribution in [3.05, 3.63) is 51.0 Å². The molecule has 1 aromatic heterocycles. The van der Waals surface area contributed by atoms with Crippen molar-refractivity contribution < 1.29 is 18.7 Å². The van der Waals surface area contributed by atoms with Crippen LogP contribution in [-0.2, 0) is 17.6 Å². The zero-order valence-corrected chi connectivity index (χ0v) is 10.9. The highest BCUT2D eigenvalue weighted by atomic mass is 32.1. The highest BCUT2D eigenvalue weighted by Gasteiger charge is 2.13. The molecule has 0 aliphatic rings. The Bertz CT molecular complexity index is 625. The number of hydrogen-bond donors (Lipinski definition) is 1. The van der Waals surface area contributed by atoms with Crippen LogP contribution in [0, 0.1) is 18.6 Å². The fourth-order valence-electron chi connectivity index (χ4n) is 1.69. The second kappa shape index (κ2) is 5.44. The van der Waals surface area contributed by atoms with E-state index in [0.29, 0.717) is 21.1 Å². The fourth-order valence-corrected chi connectivity index (χ4v) is 2.78. The number of nitrogens with zero attached hydrogens (tertiary/aromatic N) is 1. The summed E-state index contributed by atoms with van der Waals surface area (Å²) in [6, 6.07) is 3.39. The molecular formula is C13H11F2NO2S. The number of hydrogen-bond acceptors (Lipinski definition) is 3. The van der Waals surface area contributed by atoms with Gasteiger partial charge < -0.3 is 5.11 Å². The van der Waals surface area contributed by atoms with Gasteiger partial charge in [0.05, 0.1) is 17.1 Å². The Balaban J connectivity index is 2.21. The number of rotatable bonds is 4. The van der Waals surface area contributed by atoms with Gasteiger partial charge in [0.15, 0.2) is 0 Å². The summed E-state index contributed by atoms with van der Waals surface area (Å²) in [5.74, 6) is -2.16. The standard InChI is InChI=1S/C13H11F2NO2S/c1-7-11(6-13(17)18)19-12(16-7)4-8-2-3-9(14)5-10(8)15/h2-3,5H,4,6H2,1H3,(H,17,18). The largest absolute Gasteiger partial charge is 0.481 e. The summed E-state index contributed by atoms with van der Waals surface area (Å²) in [5, 5.41) is 9.37. The molecule has 19 heavy (non-hydrogen) atoms. The number of aliphatic carboxylic acids is 1. The first-order chi connectivity index (χ1) is 8.95. The highest BCUT2D eigenvalue weighted by Crippen LogP contribution is 2.22. The molecular weight excluding hydrogens is 272 g/mol. The zero-order chi connectivity index (χ0) is 14.0. The van der Waals surface area contributed by atoms with Gasteiger partial charge >= 0.3 is 5.97 Å². The van der Waals surface area contributed by atoms with E-state index < -0.39 is 17.6 Å². The third-order valence-electron chi connectivity index (χ3n) is 2.61. The van der Waals surface area contributed by atoms with E-state index in [-0.39, 0.29) is 12.8 Å². The summed E-state index contributed by atoms with van der Waals surface area (Å²) in [6.07, 6.45) is 0.145. The fraction of sp³-hybridized carbons (Fsp3) is 0.231. The van der Waals surface area contributed by atoms with E-state index in [1.165, 1.54) is 23.5 Å². The van der Waals surface area contributed by atoms with E-state index in [1.807, 2.05) is 0 Å². The Morgan fingerprint density at radius 2 is 2.16 bits per heavy atom. The summed E-state index contributed by atoms with van der Waals surface area (Å²) in [7, 11) is 0. The van der Waals surface area contributed by atoms with Gasteiger partial charge in [0.2, 0.25) is 0 Å². The minimum absolute atomic E-state index is 0.0879. The summed E-state index contributed by atoms with van der Waals surface area (Å²) < 4.78 is 26.3. The van der Waals surface area contributed by atoms with Crippen molar-refractivity contribution in [3.63, 3.8) is 0 Å². The van der Waals surface area contributed by atoms with Crippen LogP contribution < -0.4 is 0 Å². The number of thiazole rings is 1. The van der Waals surface area contributed by atoms with Crippen LogP contribution in [0.3, 0.4) is 0 Å². The minimum atomic E-state index is -0.925. The molecule has 0 saturated heterocycles. The molecule has 1 aromatic carbocycles. The Labute approximate surface area is 112 Å². The maximum atomic E-state index is 13.5. The smallest absolute Gasteiger partial charge is 0.308 e. The van der Waals surface area contributed by atoms with E-state index in [9.17, 15) is 13.6 Å². The molecule has 0 amide bonds. The number of benzene rings is 1. The molecule has 3 nitrogen and oxygen atoms in total. The maximum absolute atomic E-state index is 13.5. The predicted octanol–water partition coefficient (Wildman–Crippen LogP) is 2.95. The van der Waals surface area contributed by atoms with Crippen LogP contribution in [-0.4, -0.2) is 16.1 Å². The molecule has 1 heterocycles. The lowest BCUT2D eigenvalue weighted by atomic mass is 10.1. The normalized spacial score (nSPS) is 10.7. The monoisotopic (exact) mass is 283 g/mol. The zero-order valence-electron chi connectivity index (χ0n) is 10.1. The Kier molecular flexibility index (Phi) is 3.90. The molecule has 100 valence electrons. The minimum Gasteiger partial charge on any atom is -0.481 e. The predicted molar refractivity (Wildman–Crippen MR) is 67.4 cm³/mol. The van der Waals surface area contributed by atoms with Gasteiger partial charge in [-0.3, -0.25) is 4.79 Å². The van der Waals surface area contributed by atoms with Gasteiger partial charge in [0, 0.05) is 17.4 Å². The van der Waals surface area contributed by atoms with Crippen LogP contribution in [0.1, 0.15) is 21.1 Å². The first-order valence-corrected chi connectivity index (χ1v) is 6.38. The lowest BCUT2D eigenvalue weighted by molar-refractivity contribution is -0.136. The quantitative estimate of drug-likeness (QED) is 0.938. The number of aromatic nitrogens is 1. The van der Waals surface area contributed by atoms with E-state index in [1.54, 1.807) is 6.92 Å². The molecule has 0 aliphatic carbocycles. The van der Waals surface area contributed by atoms with Crippen LogP contribution in [0.5, 0.6) is 0 Å². The SMILES string of the molecule is Cc1nc(Cc2ccc(F)cc2F)sc1CC(=O)O. The van der Waals surface area contributed by atoms with Crippen LogP contribution in [0.15, 0.2) is 18.2 Å². The lowest BCUT2D eigenvalue weighted by Crippen LogP contribution is -1.99. The second-order valence-corrected chi connectivity index (χ2v) is 5.27. The molecule has 1 N–H and O–H groups in total. The topological polar surface area (TPSA) is 50.2 Å². The molecule has 2 aromatic rings. The van der Waals surface area contributed by atoms with Gasteiger partial charge in [0.1, 0.15) is 11.6 Å². The molecule has 0 aliphatic heterocycles. The molecule has 0 saturated carbocycles. The van der Waals surface area contributed by atoms with Gasteiger partial charge in [-0.05, 0) is 18.6 Å². The van der Waals surface area contributed by atoms with Crippen molar-refractivity contribution in [1.82, 2.24) is 4.98 Å². The first-order valence-electron chi connectivity index (χ1n) is 5.56. The molecule has 0 fully saturated rings. The average Bonchev–Trinajstić information content (AvgIpc) is 2.62. The summed E-state index contributed by atoms with van der Waals surface area (Å²) in [6.45, 7) is 1.72. The first kappa shape index (κ1) is 13.6. The third-order valence-corrected chi connectivity index (χ3v) is 3.76. The van der Waals surface area contributed by atoms with Gasteiger partial charge in [0.25, 0.3) is 0 Å². The van der Waals surface area contributed by atoms with Crippen molar-refractivity contribution in [1.29, 1.82) is 0 Å². The third kappa shape index (κ3) is 3.35. The van der Waals surface area contributed by atoms with Gasteiger partial charge in [-0.1, -0.05) is 6.07 Å². The van der Waals surface area contributed by atoms with Gasteiger partial charge in [-0.25, -0.2) is 13.8 Å². The van der Waals surface area contributed by atoms with Gasteiger partial charge in [-0.15, -0.1) is 11.3 Å².